The van der Waals surface area contributed by atoms with Crippen molar-refractivity contribution in [1.29, 1.82) is 0 Å². The van der Waals surface area contributed by atoms with E-state index in [1.54, 1.807) is 6.92 Å². The third-order valence-electron chi connectivity index (χ3n) is 2.98. The normalized spacial score (nSPS) is 14.0. The van der Waals surface area contributed by atoms with E-state index in [4.69, 9.17) is 15.8 Å². The molecule has 0 aromatic rings. The van der Waals surface area contributed by atoms with Crippen LogP contribution >= 0.6 is 11.1 Å². The number of unbranched alkanes of at least 4 members (excludes halogenated alkanes) is 3. The summed E-state index contributed by atoms with van der Waals surface area (Å²) in [6, 6.07) is 2.19. The van der Waals surface area contributed by atoms with Crippen LogP contribution in [0.2, 0.25) is 18.6 Å². The quantitative estimate of drug-likeness (QED) is 0.188. The molecule has 0 heterocycles. The molecule has 0 bridgehead atoms. The minimum atomic E-state index is -1.59. The minimum Gasteiger partial charge on any atom is -0.462 e. The number of carbonyl (C=O) groups is 1. The highest BCUT2D eigenvalue weighted by molar-refractivity contribution is 7.19. The van der Waals surface area contributed by atoms with Gasteiger partial charge in [0.25, 0.3) is 0 Å². The van der Waals surface area contributed by atoms with E-state index in [1.165, 1.54) is 31.7 Å². The molecule has 0 spiro atoms. The molecule has 4 heteroatoms. The number of esters is 1. The predicted octanol–water partition coefficient (Wildman–Crippen LogP) is 4.89. The second kappa shape index (κ2) is 9.62. The van der Waals surface area contributed by atoms with Gasteiger partial charge < -0.3 is 4.74 Å². The topological polar surface area (TPSA) is 26.3 Å². The average molecular weight is 291 g/mol. The lowest BCUT2D eigenvalue weighted by Gasteiger charge is -2.19. The number of ether oxygens (including phenoxy) is 1. The standard InChI is InChI=1S/C14H27ClO2Si/c1-5-6-7-8-11-18(4,15)12-9-10-17-14(16)13(2)3/h2,5-12H2,1,3-4H3. The highest BCUT2D eigenvalue weighted by atomic mass is 35.6. The summed E-state index contributed by atoms with van der Waals surface area (Å²) in [5.74, 6) is -0.295. The van der Waals surface area contributed by atoms with E-state index < -0.39 is 7.38 Å². The van der Waals surface area contributed by atoms with E-state index in [0.717, 1.165) is 12.5 Å². The summed E-state index contributed by atoms with van der Waals surface area (Å²) in [6.07, 6.45) is 5.97. The maximum atomic E-state index is 11.2. The molecule has 0 fully saturated rings. The Morgan fingerprint density at radius 2 is 1.83 bits per heavy atom. The van der Waals surface area contributed by atoms with Crippen molar-refractivity contribution in [2.75, 3.05) is 6.61 Å². The molecule has 0 aromatic heterocycles. The Bertz CT molecular complexity index is 265. The van der Waals surface area contributed by atoms with Gasteiger partial charge in [-0.3, -0.25) is 0 Å². The van der Waals surface area contributed by atoms with Crippen molar-refractivity contribution in [2.24, 2.45) is 0 Å². The molecule has 106 valence electrons. The molecule has 0 saturated heterocycles. The highest BCUT2D eigenvalue weighted by Crippen LogP contribution is 2.25. The molecule has 1 atom stereocenters. The average Bonchev–Trinajstić information content (AvgIpc) is 2.30. The molecule has 0 rings (SSSR count). The third-order valence-corrected chi connectivity index (χ3v) is 6.90. The molecular weight excluding hydrogens is 264 g/mol. The van der Waals surface area contributed by atoms with E-state index in [2.05, 4.69) is 20.0 Å². The van der Waals surface area contributed by atoms with Crippen LogP contribution in [0.5, 0.6) is 0 Å². The van der Waals surface area contributed by atoms with Gasteiger partial charge in [-0.25, -0.2) is 4.79 Å². The monoisotopic (exact) mass is 290 g/mol. The molecule has 0 aliphatic heterocycles. The summed E-state index contributed by atoms with van der Waals surface area (Å²) in [6.45, 7) is 10.1. The fraction of sp³-hybridized carbons (Fsp3) is 0.786. The first-order chi connectivity index (χ1) is 8.39. The SMILES string of the molecule is C=C(C)C(=O)OCCC[Si](C)(Cl)CCCCCC. The third kappa shape index (κ3) is 9.72. The Kier molecular flexibility index (Phi) is 9.47. The van der Waals surface area contributed by atoms with Gasteiger partial charge in [0, 0.05) is 5.57 Å². The van der Waals surface area contributed by atoms with Crippen LogP contribution in [-0.4, -0.2) is 20.0 Å². The summed E-state index contributed by atoms with van der Waals surface area (Å²) >= 11 is 6.57. The minimum absolute atomic E-state index is 0.295. The largest absolute Gasteiger partial charge is 0.462 e. The Morgan fingerprint density at radius 1 is 1.22 bits per heavy atom. The van der Waals surface area contributed by atoms with Crippen molar-refractivity contribution in [2.45, 2.75) is 64.6 Å². The summed E-state index contributed by atoms with van der Waals surface area (Å²) in [4.78, 5) is 11.2. The van der Waals surface area contributed by atoms with Crippen LogP contribution in [0.25, 0.3) is 0 Å². The van der Waals surface area contributed by atoms with Crippen LogP contribution in [-0.2, 0) is 9.53 Å². The van der Waals surface area contributed by atoms with E-state index in [9.17, 15) is 4.79 Å². The first-order valence-corrected chi connectivity index (χ1v) is 10.8. The first kappa shape index (κ1) is 17.7. The van der Waals surface area contributed by atoms with Crippen molar-refractivity contribution < 1.29 is 9.53 Å². The molecular formula is C14H27ClO2Si. The van der Waals surface area contributed by atoms with Crippen LogP contribution < -0.4 is 0 Å². The zero-order valence-electron chi connectivity index (χ0n) is 12.1. The van der Waals surface area contributed by atoms with E-state index >= 15 is 0 Å². The number of rotatable bonds is 10. The van der Waals surface area contributed by atoms with Crippen molar-refractivity contribution in [3.05, 3.63) is 12.2 Å². The van der Waals surface area contributed by atoms with E-state index in [0.29, 0.717) is 12.2 Å². The number of halogens is 1. The van der Waals surface area contributed by atoms with Gasteiger partial charge in [-0.05, 0) is 25.4 Å². The smallest absolute Gasteiger partial charge is 0.333 e. The van der Waals surface area contributed by atoms with Crippen molar-refractivity contribution in [1.82, 2.24) is 0 Å². The van der Waals surface area contributed by atoms with Crippen LogP contribution in [0.3, 0.4) is 0 Å². The van der Waals surface area contributed by atoms with Gasteiger partial charge in [-0.2, -0.15) is 11.1 Å². The van der Waals surface area contributed by atoms with Crippen molar-refractivity contribution in [3.8, 4) is 0 Å². The second-order valence-electron chi connectivity index (χ2n) is 5.24. The summed E-state index contributed by atoms with van der Waals surface area (Å²) in [7, 11) is -1.59. The van der Waals surface area contributed by atoms with Gasteiger partial charge in [0.15, 0.2) is 7.38 Å². The maximum absolute atomic E-state index is 11.2. The van der Waals surface area contributed by atoms with Crippen molar-refractivity contribution >= 4 is 24.4 Å². The first-order valence-electron chi connectivity index (χ1n) is 6.90. The lowest BCUT2D eigenvalue weighted by atomic mass is 10.2. The van der Waals surface area contributed by atoms with Crippen LogP contribution in [0.1, 0.15) is 46.0 Å². The summed E-state index contributed by atoms with van der Waals surface area (Å²) < 4.78 is 5.07. The number of hydrogen-bond acceptors (Lipinski definition) is 2. The summed E-state index contributed by atoms with van der Waals surface area (Å²) in [5, 5.41) is 0. The number of hydrogen-bond donors (Lipinski definition) is 0. The molecule has 0 N–H and O–H groups in total. The van der Waals surface area contributed by atoms with E-state index in [-0.39, 0.29) is 5.97 Å². The predicted molar refractivity (Wildman–Crippen MR) is 81.6 cm³/mol. The molecule has 2 nitrogen and oxygen atoms in total. The summed E-state index contributed by atoms with van der Waals surface area (Å²) in [5.41, 5.74) is 0.459. The van der Waals surface area contributed by atoms with Crippen LogP contribution in [0.4, 0.5) is 0 Å². The lowest BCUT2D eigenvalue weighted by molar-refractivity contribution is -0.138. The molecule has 0 amide bonds. The maximum Gasteiger partial charge on any atom is 0.333 e. The Hall–Kier alpha value is -0.283. The molecule has 1 unspecified atom stereocenters. The highest BCUT2D eigenvalue weighted by Gasteiger charge is 2.23. The second-order valence-corrected chi connectivity index (χ2v) is 11.8. The molecule has 0 aromatic carbocycles. The number of carbonyl (C=O) groups excluding carboxylic acids is 1. The fourth-order valence-corrected chi connectivity index (χ4v) is 4.69. The molecule has 0 saturated carbocycles. The lowest BCUT2D eigenvalue weighted by Crippen LogP contribution is -2.22. The molecule has 0 aliphatic carbocycles. The van der Waals surface area contributed by atoms with Gasteiger partial charge >= 0.3 is 5.97 Å². The van der Waals surface area contributed by atoms with Gasteiger partial charge in [0.1, 0.15) is 0 Å². The molecule has 18 heavy (non-hydrogen) atoms. The van der Waals surface area contributed by atoms with Gasteiger partial charge in [0.2, 0.25) is 0 Å². The Morgan fingerprint density at radius 3 is 2.39 bits per heavy atom. The Balaban J connectivity index is 3.63. The van der Waals surface area contributed by atoms with Crippen LogP contribution in [0, 0.1) is 0 Å². The van der Waals surface area contributed by atoms with Crippen LogP contribution in [0.15, 0.2) is 12.2 Å². The zero-order valence-corrected chi connectivity index (χ0v) is 13.8. The van der Waals surface area contributed by atoms with Gasteiger partial charge in [0.05, 0.1) is 6.61 Å². The fourth-order valence-electron chi connectivity index (χ4n) is 1.77. The van der Waals surface area contributed by atoms with Crippen molar-refractivity contribution in [3.63, 3.8) is 0 Å². The van der Waals surface area contributed by atoms with Gasteiger partial charge in [-0.15, -0.1) is 0 Å². The molecule has 0 aliphatic rings. The Labute approximate surface area is 117 Å². The zero-order chi connectivity index (χ0) is 14.0. The van der Waals surface area contributed by atoms with Gasteiger partial charge in [-0.1, -0.05) is 45.7 Å². The van der Waals surface area contributed by atoms with E-state index in [1.807, 2.05) is 0 Å². The molecule has 0 radical (unpaired) electrons.